The molecule has 1 rings (SSSR count). The Labute approximate surface area is 104 Å². The van der Waals surface area contributed by atoms with Gasteiger partial charge in [0.1, 0.15) is 5.03 Å². The molecule has 0 radical (unpaired) electrons. The number of nitrogens with one attached hydrogen (secondary N) is 1. The van der Waals surface area contributed by atoms with Crippen LogP contribution in [0.1, 0.15) is 6.92 Å². The van der Waals surface area contributed by atoms with Gasteiger partial charge in [-0.1, -0.05) is 29.4 Å². The number of pyridine rings is 1. The van der Waals surface area contributed by atoms with Gasteiger partial charge in [0, 0.05) is 12.7 Å². The highest BCUT2D eigenvalue weighted by Crippen LogP contribution is 2.27. The fourth-order valence-corrected chi connectivity index (χ4v) is 2.08. The van der Waals surface area contributed by atoms with Crippen molar-refractivity contribution in [2.24, 2.45) is 0 Å². The van der Waals surface area contributed by atoms with E-state index >= 15 is 0 Å². The average Bonchev–Trinajstić information content (AvgIpc) is 2.28. The number of aromatic nitrogens is 1. The van der Waals surface area contributed by atoms with E-state index in [1.807, 2.05) is 6.92 Å². The molecule has 0 bridgehead atoms. The molecule has 1 atom stereocenters. The van der Waals surface area contributed by atoms with Crippen molar-refractivity contribution >= 4 is 29.3 Å². The van der Waals surface area contributed by atoms with Gasteiger partial charge in [-0.3, -0.25) is 4.79 Å². The van der Waals surface area contributed by atoms with Gasteiger partial charge in [0.2, 0.25) is 5.91 Å². The van der Waals surface area contributed by atoms with Gasteiger partial charge in [0.15, 0.2) is 0 Å². The summed E-state index contributed by atoms with van der Waals surface area (Å²) < 4.78 is 0. The van der Waals surface area contributed by atoms with Gasteiger partial charge in [-0.05, 0) is 19.1 Å². The van der Waals surface area contributed by atoms with Gasteiger partial charge < -0.3 is 5.32 Å². The fourth-order valence-electron chi connectivity index (χ4n) is 0.995. The second-order valence-corrected chi connectivity index (χ2v) is 4.82. The summed E-state index contributed by atoms with van der Waals surface area (Å²) in [7, 11) is 0. The summed E-state index contributed by atoms with van der Waals surface area (Å²) in [6, 6.07) is 3.51. The molecule has 0 unspecified atom stereocenters. The first-order valence-corrected chi connectivity index (χ1v) is 6.06. The minimum absolute atomic E-state index is 0.0494. The van der Waals surface area contributed by atoms with Crippen LogP contribution in [-0.4, -0.2) is 22.7 Å². The molecule has 0 fully saturated rings. The zero-order valence-corrected chi connectivity index (χ0v) is 10.5. The maximum absolute atomic E-state index is 11.6. The summed E-state index contributed by atoms with van der Waals surface area (Å²) in [4.78, 5) is 15.7. The Balaban J connectivity index is 2.57. The van der Waals surface area contributed by atoms with Crippen LogP contribution in [0.5, 0.6) is 0 Å². The lowest BCUT2D eigenvalue weighted by Crippen LogP contribution is -2.30. The van der Waals surface area contributed by atoms with Crippen molar-refractivity contribution in [2.45, 2.75) is 17.2 Å². The van der Waals surface area contributed by atoms with E-state index in [1.54, 1.807) is 24.4 Å². The zero-order valence-electron chi connectivity index (χ0n) is 8.94. The molecule has 0 saturated carbocycles. The van der Waals surface area contributed by atoms with Gasteiger partial charge in [0.25, 0.3) is 0 Å². The van der Waals surface area contributed by atoms with Crippen LogP contribution in [0.3, 0.4) is 0 Å². The largest absolute Gasteiger partial charge is 0.352 e. The van der Waals surface area contributed by atoms with E-state index in [2.05, 4.69) is 16.9 Å². The maximum Gasteiger partial charge on any atom is 0.233 e. The highest BCUT2D eigenvalue weighted by molar-refractivity contribution is 8.00. The zero-order chi connectivity index (χ0) is 12.0. The quantitative estimate of drug-likeness (QED) is 0.650. The maximum atomic E-state index is 11.6. The number of hydrogen-bond donors (Lipinski definition) is 1. The minimum Gasteiger partial charge on any atom is -0.352 e. The van der Waals surface area contributed by atoms with E-state index in [-0.39, 0.29) is 11.2 Å². The van der Waals surface area contributed by atoms with Crippen LogP contribution in [0.4, 0.5) is 0 Å². The van der Waals surface area contributed by atoms with E-state index in [0.29, 0.717) is 16.6 Å². The number of hydrogen-bond acceptors (Lipinski definition) is 3. The third-order valence-corrected chi connectivity index (χ3v) is 3.34. The molecule has 16 heavy (non-hydrogen) atoms. The van der Waals surface area contributed by atoms with Gasteiger partial charge in [-0.25, -0.2) is 4.98 Å². The standard InChI is InChI=1S/C11H13ClN2OS/c1-3-6-13-10(15)8(2)16-11-9(12)5-4-7-14-11/h3-5,7-8H,1,6H2,2H3,(H,13,15)/t8-/m0/s1. The fraction of sp³-hybridized carbons (Fsp3) is 0.273. The molecule has 0 aliphatic heterocycles. The summed E-state index contributed by atoms with van der Waals surface area (Å²) in [6.45, 7) is 5.82. The number of rotatable bonds is 5. The molecule has 1 aromatic rings. The third-order valence-electron chi connectivity index (χ3n) is 1.80. The number of nitrogens with zero attached hydrogens (tertiary/aromatic N) is 1. The number of amides is 1. The van der Waals surface area contributed by atoms with Crippen molar-refractivity contribution < 1.29 is 4.79 Å². The Morgan fingerprint density at radius 3 is 3.19 bits per heavy atom. The van der Waals surface area contributed by atoms with E-state index in [0.717, 1.165) is 0 Å². The van der Waals surface area contributed by atoms with Crippen LogP contribution in [0.15, 0.2) is 36.0 Å². The third kappa shape index (κ3) is 3.87. The Morgan fingerprint density at radius 2 is 2.56 bits per heavy atom. The van der Waals surface area contributed by atoms with Crippen molar-refractivity contribution in [2.75, 3.05) is 6.54 Å². The normalized spacial score (nSPS) is 11.9. The predicted octanol–water partition coefficient (Wildman–Crippen LogP) is 2.52. The van der Waals surface area contributed by atoms with Crippen molar-refractivity contribution in [1.29, 1.82) is 0 Å². The van der Waals surface area contributed by atoms with E-state index < -0.39 is 0 Å². The summed E-state index contributed by atoms with van der Waals surface area (Å²) >= 11 is 7.29. The molecule has 0 aliphatic rings. The number of thioether (sulfide) groups is 1. The molecule has 0 spiro atoms. The smallest absolute Gasteiger partial charge is 0.233 e. The Hall–Kier alpha value is -1.00. The van der Waals surface area contributed by atoms with Crippen molar-refractivity contribution in [1.82, 2.24) is 10.3 Å². The first kappa shape index (κ1) is 13.1. The van der Waals surface area contributed by atoms with Crippen LogP contribution in [0.25, 0.3) is 0 Å². The topological polar surface area (TPSA) is 42.0 Å². The second kappa shape index (κ2) is 6.55. The van der Waals surface area contributed by atoms with Gasteiger partial charge in [-0.2, -0.15) is 0 Å². The molecule has 0 aliphatic carbocycles. The van der Waals surface area contributed by atoms with Crippen LogP contribution in [-0.2, 0) is 4.79 Å². The molecule has 1 heterocycles. The van der Waals surface area contributed by atoms with Crippen molar-refractivity contribution in [3.8, 4) is 0 Å². The molecule has 5 heteroatoms. The molecule has 3 nitrogen and oxygen atoms in total. The Morgan fingerprint density at radius 1 is 1.81 bits per heavy atom. The van der Waals surface area contributed by atoms with Crippen LogP contribution < -0.4 is 5.32 Å². The van der Waals surface area contributed by atoms with Crippen LogP contribution in [0.2, 0.25) is 5.02 Å². The highest BCUT2D eigenvalue weighted by atomic mass is 35.5. The summed E-state index contributed by atoms with van der Waals surface area (Å²) in [6.07, 6.45) is 3.30. The molecule has 1 aromatic heterocycles. The first-order chi connectivity index (χ1) is 7.65. The highest BCUT2D eigenvalue weighted by Gasteiger charge is 2.15. The minimum atomic E-state index is -0.229. The monoisotopic (exact) mass is 256 g/mol. The SMILES string of the molecule is C=CCNC(=O)[C@H](C)Sc1ncccc1Cl. The van der Waals surface area contributed by atoms with Crippen LogP contribution >= 0.6 is 23.4 Å². The molecule has 0 aromatic carbocycles. The average molecular weight is 257 g/mol. The Bertz CT molecular complexity index is 384. The molecular formula is C11H13ClN2OS. The lowest BCUT2D eigenvalue weighted by atomic mass is 10.4. The van der Waals surface area contributed by atoms with Crippen molar-refractivity contribution in [3.63, 3.8) is 0 Å². The van der Waals surface area contributed by atoms with Crippen molar-refractivity contribution in [3.05, 3.63) is 36.0 Å². The summed E-state index contributed by atoms with van der Waals surface area (Å²) in [5.74, 6) is -0.0494. The predicted molar refractivity (Wildman–Crippen MR) is 67.8 cm³/mol. The molecule has 1 N–H and O–H groups in total. The van der Waals surface area contributed by atoms with Gasteiger partial charge >= 0.3 is 0 Å². The first-order valence-electron chi connectivity index (χ1n) is 4.81. The van der Waals surface area contributed by atoms with E-state index in [1.165, 1.54) is 11.8 Å². The summed E-state index contributed by atoms with van der Waals surface area (Å²) in [5, 5.41) is 3.73. The second-order valence-electron chi connectivity index (χ2n) is 3.08. The van der Waals surface area contributed by atoms with E-state index in [4.69, 9.17) is 11.6 Å². The number of carbonyl (C=O) groups excluding carboxylic acids is 1. The van der Waals surface area contributed by atoms with Gasteiger partial charge in [-0.15, -0.1) is 6.58 Å². The molecule has 86 valence electrons. The number of carbonyl (C=O) groups is 1. The summed E-state index contributed by atoms with van der Waals surface area (Å²) in [5.41, 5.74) is 0. The lowest BCUT2D eigenvalue weighted by Gasteiger charge is -2.10. The lowest BCUT2D eigenvalue weighted by molar-refractivity contribution is -0.120. The Kier molecular flexibility index (Phi) is 5.35. The van der Waals surface area contributed by atoms with Gasteiger partial charge in [0.05, 0.1) is 10.3 Å². The molecule has 0 saturated heterocycles. The van der Waals surface area contributed by atoms with Crippen LogP contribution in [0, 0.1) is 0 Å². The molecule has 1 amide bonds. The number of halogens is 1. The van der Waals surface area contributed by atoms with E-state index in [9.17, 15) is 4.79 Å². The molecular weight excluding hydrogens is 244 g/mol.